The first-order valence-electron chi connectivity index (χ1n) is 20.0. The van der Waals surface area contributed by atoms with Gasteiger partial charge in [0.2, 0.25) is 17.7 Å². The number of aromatic nitrogens is 2. The van der Waals surface area contributed by atoms with E-state index in [4.69, 9.17) is 20.2 Å². The van der Waals surface area contributed by atoms with Gasteiger partial charge in [0, 0.05) is 43.9 Å². The monoisotopic (exact) mass is 804 g/mol. The number of carbonyl (C=O) groups is 3. The number of anilines is 1. The molecule has 3 amide bonds. The van der Waals surface area contributed by atoms with E-state index in [1.165, 1.54) is 0 Å². The minimum Gasteiger partial charge on any atom is -0.494 e. The zero-order valence-corrected chi connectivity index (χ0v) is 35.5. The maximum absolute atomic E-state index is 14.1. The number of amides is 3. The van der Waals surface area contributed by atoms with Crippen molar-refractivity contribution in [1.82, 2.24) is 20.2 Å². The third-order valence-electron chi connectivity index (χ3n) is 11.0. The van der Waals surface area contributed by atoms with Crippen molar-refractivity contribution >= 4 is 45.6 Å². The summed E-state index contributed by atoms with van der Waals surface area (Å²) in [6, 6.07) is 25.1. The summed E-state index contributed by atoms with van der Waals surface area (Å²) in [5.74, 6) is -0.381. The summed E-state index contributed by atoms with van der Waals surface area (Å²) in [4.78, 5) is 53.9. The zero-order valence-electron chi connectivity index (χ0n) is 34.7. The summed E-state index contributed by atoms with van der Waals surface area (Å²) in [6.45, 7) is 10.9. The molecule has 0 spiro atoms. The molecule has 6 rings (SSSR count). The first kappa shape index (κ1) is 42.3. The Kier molecular flexibility index (Phi) is 13.5. The molecule has 1 aliphatic rings. The quantitative estimate of drug-likeness (QED) is 0.0973. The number of pyridine rings is 1. The molecule has 0 bridgehead atoms. The van der Waals surface area contributed by atoms with Crippen LogP contribution in [-0.2, 0) is 19.1 Å². The van der Waals surface area contributed by atoms with Crippen LogP contribution in [-0.4, -0.2) is 85.1 Å². The normalized spacial score (nSPS) is 16.6. The van der Waals surface area contributed by atoms with E-state index in [9.17, 15) is 14.4 Å². The van der Waals surface area contributed by atoms with Crippen LogP contribution >= 0.6 is 11.3 Å². The zero-order chi connectivity index (χ0) is 41.6. The van der Waals surface area contributed by atoms with E-state index in [1.807, 2.05) is 71.6 Å². The van der Waals surface area contributed by atoms with E-state index in [-0.39, 0.29) is 30.3 Å². The van der Waals surface area contributed by atoms with Gasteiger partial charge in [-0.3, -0.25) is 14.4 Å². The van der Waals surface area contributed by atoms with Gasteiger partial charge in [-0.05, 0) is 91.0 Å². The molecule has 0 unspecified atom stereocenters. The van der Waals surface area contributed by atoms with Gasteiger partial charge < -0.3 is 30.3 Å². The number of likely N-dealkylation sites (tertiary alicyclic amines) is 1. The predicted octanol–water partition coefficient (Wildman–Crippen LogP) is 7.61. The minimum absolute atomic E-state index is 0.0183. The number of unbranched alkanes of at least 4 members (excludes halogenated alkanes) is 1. The highest BCUT2D eigenvalue weighted by Gasteiger charge is 2.45. The molecule has 3 heterocycles. The van der Waals surface area contributed by atoms with Gasteiger partial charge in [-0.15, -0.1) is 11.3 Å². The van der Waals surface area contributed by atoms with E-state index in [0.717, 1.165) is 61.7 Å². The standard InChI is InChI=1S/C46H56N6O5S/c1-29(31-10-12-33(13-11-31)42-30(2)48-28-58-42)35-25-40(44(47)54)52(26-35)45(55)43(46(3,4)5)50-41(53)27-56-22-8-9-23-57-37-19-21-39-34(24-37)16-20-38(49-39)32-14-17-36(18-15-32)51(6)7/h10-21,24,28-29,35,40,43H,8-9,22-23,25-27H2,1-7H3,(H2,47,54)(H,50,53)/t29-,35+,40+,43-/m1/s1. The van der Waals surface area contributed by atoms with Crippen LogP contribution < -0.4 is 20.7 Å². The van der Waals surface area contributed by atoms with E-state index in [1.54, 1.807) is 16.2 Å². The number of benzene rings is 3. The third kappa shape index (κ3) is 10.2. The average Bonchev–Trinajstić information content (AvgIpc) is 3.85. The number of nitrogens with one attached hydrogen (secondary N) is 1. The van der Waals surface area contributed by atoms with Crippen molar-refractivity contribution in [2.24, 2.45) is 17.1 Å². The van der Waals surface area contributed by atoms with Crippen molar-refractivity contribution in [3.8, 4) is 27.4 Å². The number of fused-ring (bicyclic) bond motifs is 1. The van der Waals surface area contributed by atoms with Gasteiger partial charge >= 0.3 is 0 Å². The number of ether oxygens (including phenoxy) is 2. The molecule has 1 fully saturated rings. The van der Waals surface area contributed by atoms with Crippen LogP contribution in [0.15, 0.2) is 84.4 Å². The fourth-order valence-electron chi connectivity index (χ4n) is 7.50. The maximum atomic E-state index is 14.1. The van der Waals surface area contributed by atoms with Gasteiger partial charge in [-0.2, -0.15) is 0 Å². The summed E-state index contributed by atoms with van der Waals surface area (Å²) < 4.78 is 11.7. The van der Waals surface area contributed by atoms with Gasteiger partial charge in [0.05, 0.1) is 33.9 Å². The summed E-state index contributed by atoms with van der Waals surface area (Å²) in [7, 11) is 4.05. The molecule has 5 aromatic rings. The first-order chi connectivity index (χ1) is 27.7. The molecule has 0 saturated carbocycles. The second-order valence-electron chi connectivity index (χ2n) is 16.5. The number of carbonyl (C=O) groups excluding carboxylic acids is 3. The summed E-state index contributed by atoms with van der Waals surface area (Å²) >= 11 is 1.61. The van der Waals surface area contributed by atoms with E-state index in [2.05, 4.69) is 76.7 Å². The predicted molar refractivity (Wildman–Crippen MR) is 232 cm³/mol. The topological polar surface area (TPSA) is 140 Å². The molecule has 1 aliphatic heterocycles. The Morgan fingerprint density at radius 3 is 2.33 bits per heavy atom. The molecular weight excluding hydrogens is 749 g/mol. The number of hydrogen-bond donors (Lipinski definition) is 2. The Labute approximate surface area is 346 Å². The molecule has 1 saturated heterocycles. The number of rotatable bonds is 16. The minimum atomic E-state index is -0.867. The molecule has 12 heteroatoms. The highest BCUT2D eigenvalue weighted by atomic mass is 32.1. The fraction of sp³-hybridized carbons (Fsp3) is 0.413. The Balaban J connectivity index is 0.953. The van der Waals surface area contributed by atoms with Crippen molar-refractivity contribution in [3.63, 3.8) is 0 Å². The van der Waals surface area contributed by atoms with Crippen LogP contribution in [0, 0.1) is 18.3 Å². The van der Waals surface area contributed by atoms with Crippen molar-refractivity contribution in [2.75, 3.05) is 45.4 Å². The van der Waals surface area contributed by atoms with Crippen LogP contribution in [0.3, 0.4) is 0 Å². The fourth-order valence-corrected chi connectivity index (χ4v) is 8.31. The highest BCUT2D eigenvalue weighted by Crippen LogP contribution is 2.38. The lowest BCUT2D eigenvalue weighted by Gasteiger charge is -2.35. The molecule has 3 aromatic carbocycles. The van der Waals surface area contributed by atoms with Gasteiger partial charge in [0.25, 0.3) is 0 Å². The van der Waals surface area contributed by atoms with Gasteiger partial charge in [-0.1, -0.05) is 70.2 Å². The molecule has 0 radical (unpaired) electrons. The Morgan fingerprint density at radius 2 is 1.67 bits per heavy atom. The number of hydrogen-bond acceptors (Lipinski definition) is 9. The molecule has 306 valence electrons. The second kappa shape index (κ2) is 18.5. The summed E-state index contributed by atoms with van der Waals surface area (Å²) in [6.07, 6.45) is 1.89. The third-order valence-corrected chi connectivity index (χ3v) is 12.0. The van der Waals surface area contributed by atoms with Crippen molar-refractivity contribution in [1.29, 1.82) is 0 Å². The van der Waals surface area contributed by atoms with Crippen LogP contribution in [0.2, 0.25) is 0 Å². The van der Waals surface area contributed by atoms with Crippen LogP contribution in [0.1, 0.15) is 64.1 Å². The number of nitrogens with two attached hydrogens (primary N) is 1. The number of primary amides is 1. The second-order valence-corrected chi connectivity index (χ2v) is 17.4. The maximum Gasteiger partial charge on any atom is 0.246 e. The molecular formula is C46H56N6O5S. The lowest BCUT2D eigenvalue weighted by Crippen LogP contribution is -2.57. The van der Waals surface area contributed by atoms with Gasteiger partial charge in [0.1, 0.15) is 24.4 Å². The molecule has 2 aromatic heterocycles. The number of thiazole rings is 1. The van der Waals surface area contributed by atoms with Gasteiger partial charge in [-0.25, -0.2) is 9.97 Å². The molecule has 11 nitrogen and oxygen atoms in total. The molecule has 3 N–H and O–H groups in total. The van der Waals surface area contributed by atoms with Crippen LogP contribution in [0.5, 0.6) is 5.75 Å². The Bertz CT molecular complexity index is 2200. The van der Waals surface area contributed by atoms with Crippen molar-refractivity contribution in [2.45, 2.75) is 71.9 Å². The first-order valence-corrected chi connectivity index (χ1v) is 20.9. The molecule has 0 aliphatic carbocycles. The summed E-state index contributed by atoms with van der Waals surface area (Å²) in [5.41, 5.74) is 14.4. The van der Waals surface area contributed by atoms with Crippen molar-refractivity contribution in [3.05, 3.63) is 95.6 Å². The lowest BCUT2D eigenvalue weighted by molar-refractivity contribution is -0.144. The Hall–Kier alpha value is -5.33. The van der Waals surface area contributed by atoms with E-state index >= 15 is 0 Å². The smallest absolute Gasteiger partial charge is 0.246 e. The van der Waals surface area contributed by atoms with Crippen LogP contribution in [0.25, 0.3) is 32.6 Å². The summed E-state index contributed by atoms with van der Waals surface area (Å²) in [5, 5.41) is 3.91. The van der Waals surface area contributed by atoms with E-state index < -0.39 is 23.4 Å². The largest absolute Gasteiger partial charge is 0.494 e. The van der Waals surface area contributed by atoms with Crippen LogP contribution in [0.4, 0.5) is 5.69 Å². The van der Waals surface area contributed by atoms with E-state index in [0.29, 0.717) is 32.6 Å². The average molecular weight is 805 g/mol. The lowest BCUT2D eigenvalue weighted by atomic mass is 9.85. The Morgan fingerprint density at radius 1 is 0.966 bits per heavy atom. The molecule has 58 heavy (non-hydrogen) atoms. The molecule has 4 atom stereocenters. The number of nitrogens with zero attached hydrogens (tertiary/aromatic N) is 4. The number of aryl methyl sites for hydroxylation is 1. The highest BCUT2D eigenvalue weighted by molar-refractivity contribution is 7.13. The van der Waals surface area contributed by atoms with Gasteiger partial charge in [0.15, 0.2) is 0 Å². The SMILES string of the molecule is Cc1ncsc1-c1ccc([C@@H](C)[C@H]2C[C@@H](C(N)=O)N(C(=O)[C@@H](NC(=O)COCCCCOc3ccc4nc(-c5ccc(N(C)C)cc5)ccc4c3)C(C)(C)C)C2)cc1. The van der Waals surface area contributed by atoms with Crippen molar-refractivity contribution < 1.29 is 23.9 Å².